The minimum absolute atomic E-state index is 0.216. The molecule has 0 radical (unpaired) electrons. The average molecular weight is 219 g/mol. The van der Waals surface area contributed by atoms with Crippen LogP contribution in [0.1, 0.15) is 47.5 Å². The van der Waals surface area contributed by atoms with Crippen LogP contribution >= 0.6 is 0 Å². The standard InChI is InChI=1S/C13H16O3/c14-10-7-5-9(6-8-10)11-3-1-2-4-12(11)13(15)16/h1-4,9-10,14H,5-8H2,(H,15,16)/p-1. The summed E-state index contributed by atoms with van der Waals surface area (Å²) in [4.78, 5) is 11.0. The smallest absolute Gasteiger partial charge is 0.0718 e. The number of carboxylic acid groups (broad SMARTS) is 1. The molecule has 2 rings (SSSR count). The normalized spacial score (nSPS) is 25.3. The lowest BCUT2D eigenvalue weighted by atomic mass is 9.81. The summed E-state index contributed by atoms with van der Waals surface area (Å²) in [6.07, 6.45) is 3.00. The number of carbonyl (C=O) groups is 1. The summed E-state index contributed by atoms with van der Waals surface area (Å²) in [6.45, 7) is 0. The Morgan fingerprint density at radius 2 is 1.81 bits per heavy atom. The second-order valence-corrected chi connectivity index (χ2v) is 4.38. The molecule has 0 bridgehead atoms. The number of carboxylic acids is 1. The van der Waals surface area contributed by atoms with E-state index < -0.39 is 5.97 Å². The van der Waals surface area contributed by atoms with Crippen LogP contribution in [0.3, 0.4) is 0 Å². The van der Waals surface area contributed by atoms with E-state index in [-0.39, 0.29) is 12.0 Å². The van der Waals surface area contributed by atoms with Crippen LogP contribution in [0.15, 0.2) is 24.3 Å². The van der Waals surface area contributed by atoms with Crippen LogP contribution in [0, 0.1) is 0 Å². The molecule has 1 saturated carbocycles. The summed E-state index contributed by atoms with van der Waals surface area (Å²) in [5.74, 6) is -0.862. The van der Waals surface area contributed by atoms with E-state index in [1.165, 1.54) is 0 Å². The number of carbonyl (C=O) groups excluding carboxylic acids is 1. The molecule has 0 aromatic heterocycles. The van der Waals surface area contributed by atoms with Crippen molar-refractivity contribution < 1.29 is 15.0 Å². The number of benzene rings is 1. The summed E-state index contributed by atoms with van der Waals surface area (Å²) in [5.41, 5.74) is 1.15. The van der Waals surface area contributed by atoms with E-state index in [1.54, 1.807) is 12.1 Å². The quantitative estimate of drug-likeness (QED) is 0.809. The van der Waals surface area contributed by atoms with E-state index in [9.17, 15) is 15.0 Å². The van der Waals surface area contributed by atoms with Gasteiger partial charge in [-0.1, -0.05) is 24.3 Å². The maximum absolute atomic E-state index is 11.0. The van der Waals surface area contributed by atoms with E-state index in [4.69, 9.17) is 0 Å². The summed E-state index contributed by atoms with van der Waals surface area (Å²) >= 11 is 0. The van der Waals surface area contributed by atoms with E-state index in [0.29, 0.717) is 5.56 Å². The van der Waals surface area contributed by atoms with Gasteiger partial charge in [0, 0.05) is 5.56 Å². The van der Waals surface area contributed by atoms with Crippen molar-refractivity contribution in [1.82, 2.24) is 0 Å². The van der Waals surface area contributed by atoms with E-state index in [0.717, 1.165) is 31.2 Å². The first-order chi connectivity index (χ1) is 7.68. The van der Waals surface area contributed by atoms with Crippen LogP contribution in [0.5, 0.6) is 0 Å². The van der Waals surface area contributed by atoms with Crippen molar-refractivity contribution in [2.24, 2.45) is 0 Å². The highest BCUT2D eigenvalue weighted by Gasteiger charge is 2.22. The first kappa shape index (κ1) is 11.1. The molecule has 0 saturated heterocycles. The van der Waals surface area contributed by atoms with Gasteiger partial charge in [-0.15, -0.1) is 0 Å². The lowest BCUT2D eigenvalue weighted by Gasteiger charge is -2.27. The van der Waals surface area contributed by atoms with Gasteiger partial charge in [0.25, 0.3) is 0 Å². The third-order valence-corrected chi connectivity index (χ3v) is 3.32. The Hall–Kier alpha value is -1.35. The molecule has 1 N–H and O–H groups in total. The maximum Gasteiger partial charge on any atom is 0.0718 e. The van der Waals surface area contributed by atoms with Crippen LogP contribution in [0.25, 0.3) is 0 Å². The van der Waals surface area contributed by atoms with E-state index in [1.807, 2.05) is 12.1 Å². The van der Waals surface area contributed by atoms with Gasteiger partial charge in [0.1, 0.15) is 0 Å². The zero-order chi connectivity index (χ0) is 11.5. The summed E-state index contributed by atoms with van der Waals surface area (Å²) in [6, 6.07) is 7.02. The zero-order valence-corrected chi connectivity index (χ0v) is 9.06. The first-order valence-electron chi connectivity index (χ1n) is 5.67. The minimum Gasteiger partial charge on any atom is -0.545 e. The topological polar surface area (TPSA) is 60.4 Å². The second-order valence-electron chi connectivity index (χ2n) is 4.38. The van der Waals surface area contributed by atoms with Crippen LogP contribution in [0.4, 0.5) is 0 Å². The highest BCUT2D eigenvalue weighted by molar-refractivity contribution is 5.87. The fourth-order valence-corrected chi connectivity index (χ4v) is 2.43. The molecule has 1 aromatic carbocycles. The van der Waals surface area contributed by atoms with Crippen molar-refractivity contribution in [3.05, 3.63) is 35.4 Å². The molecule has 0 heterocycles. The van der Waals surface area contributed by atoms with Gasteiger partial charge in [-0.2, -0.15) is 0 Å². The molecule has 1 aromatic rings. The fraction of sp³-hybridized carbons (Fsp3) is 0.462. The van der Waals surface area contributed by atoms with Crippen molar-refractivity contribution in [3.63, 3.8) is 0 Å². The molecule has 1 fully saturated rings. The van der Waals surface area contributed by atoms with Crippen LogP contribution < -0.4 is 5.11 Å². The molecule has 1 aliphatic rings. The number of aliphatic hydroxyl groups is 1. The van der Waals surface area contributed by atoms with Gasteiger partial charge in [0.15, 0.2) is 0 Å². The molecule has 0 spiro atoms. The first-order valence-corrected chi connectivity index (χ1v) is 5.67. The summed E-state index contributed by atoms with van der Waals surface area (Å²) < 4.78 is 0. The van der Waals surface area contributed by atoms with Gasteiger partial charge >= 0.3 is 0 Å². The van der Waals surface area contributed by atoms with Crippen molar-refractivity contribution in [2.45, 2.75) is 37.7 Å². The molecule has 0 unspecified atom stereocenters. The number of aromatic carboxylic acids is 1. The molecule has 0 aliphatic heterocycles. The number of hydrogen-bond donors (Lipinski definition) is 1. The van der Waals surface area contributed by atoms with Gasteiger partial charge in [-0.05, 0) is 37.2 Å². The predicted molar refractivity (Wildman–Crippen MR) is 58.0 cm³/mol. The monoisotopic (exact) mass is 219 g/mol. The molecule has 1 aliphatic carbocycles. The Labute approximate surface area is 94.7 Å². The van der Waals surface area contributed by atoms with Crippen molar-refractivity contribution in [3.8, 4) is 0 Å². The highest BCUT2D eigenvalue weighted by atomic mass is 16.4. The Kier molecular flexibility index (Phi) is 3.25. The lowest BCUT2D eigenvalue weighted by molar-refractivity contribution is -0.255. The minimum atomic E-state index is -1.11. The largest absolute Gasteiger partial charge is 0.545 e. The van der Waals surface area contributed by atoms with E-state index >= 15 is 0 Å². The van der Waals surface area contributed by atoms with Gasteiger partial charge < -0.3 is 15.0 Å². The molecule has 3 heteroatoms. The molecule has 86 valence electrons. The third kappa shape index (κ3) is 2.25. The SMILES string of the molecule is O=C([O-])c1ccccc1C1CCC(O)CC1. The summed E-state index contributed by atoms with van der Waals surface area (Å²) in [5, 5.41) is 20.4. The summed E-state index contributed by atoms with van der Waals surface area (Å²) in [7, 11) is 0. The van der Waals surface area contributed by atoms with Crippen molar-refractivity contribution in [2.75, 3.05) is 0 Å². The predicted octanol–water partition coefficient (Wildman–Crippen LogP) is 1.07. The molecular weight excluding hydrogens is 204 g/mol. The maximum atomic E-state index is 11.0. The lowest BCUT2D eigenvalue weighted by Crippen LogP contribution is -2.25. The number of rotatable bonds is 2. The molecule has 3 nitrogen and oxygen atoms in total. The highest BCUT2D eigenvalue weighted by Crippen LogP contribution is 2.34. The molecule has 0 atom stereocenters. The van der Waals surface area contributed by atoms with E-state index in [2.05, 4.69) is 0 Å². The molecular formula is C13H15O3-. The molecule has 16 heavy (non-hydrogen) atoms. The second kappa shape index (κ2) is 4.66. The Balaban J connectivity index is 2.23. The Morgan fingerprint density at radius 1 is 1.19 bits per heavy atom. The van der Waals surface area contributed by atoms with Gasteiger partial charge in [0.05, 0.1) is 12.1 Å². The fourth-order valence-electron chi connectivity index (χ4n) is 2.43. The van der Waals surface area contributed by atoms with Crippen LogP contribution in [-0.4, -0.2) is 17.2 Å². The van der Waals surface area contributed by atoms with Crippen molar-refractivity contribution >= 4 is 5.97 Å². The van der Waals surface area contributed by atoms with Gasteiger partial charge in [-0.3, -0.25) is 0 Å². The number of aliphatic hydroxyl groups excluding tert-OH is 1. The van der Waals surface area contributed by atoms with Crippen molar-refractivity contribution in [1.29, 1.82) is 0 Å². The Bertz CT molecular complexity index is 379. The van der Waals surface area contributed by atoms with Gasteiger partial charge in [0.2, 0.25) is 0 Å². The molecule has 0 amide bonds. The van der Waals surface area contributed by atoms with Crippen LogP contribution in [0.2, 0.25) is 0 Å². The third-order valence-electron chi connectivity index (χ3n) is 3.32. The van der Waals surface area contributed by atoms with Gasteiger partial charge in [-0.25, -0.2) is 0 Å². The zero-order valence-electron chi connectivity index (χ0n) is 9.06. The number of hydrogen-bond acceptors (Lipinski definition) is 3. The average Bonchev–Trinajstić information content (AvgIpc) is 2.30. The van der Waals surface area contributed by atoms with Crippen LogP contribution in [-0.2, 0) is 0 Å². The Morgan fingerprint density at radius 3 is 2.44 bits per heavy atom.